The fraction of sp³-hybridized carbons (Fsp3) is 0.939. The minimum Gasteiger partial charge on any atom is -0.462 e. The van der Waals surface area contributed by atoms with Crippen LogP contribution in [0.3, 0.4) is 0 Å². The van der Waals surface area contributed by atoms with Crippen LogP contribution in [0.25, 0.3) is 0 Å². The zero-order chi connectivity index (χ0) is 40.3. The third-order valence-electron chi connectivity index (χ3n) is 11.0. The second-order valence-electron chi connectivity index (χ2n) is 17.2. The number of carbonyl (C=O) groups excluding carboxylic acids is 3. The molecule has 0 heterocycles. The van der Waals surface area contributed by atoms with Crippen LogP contribution in [0, 0.1) is 5.92 Å². The summed E-state index contributed by atoms with van der Waals surface area (Å²) in [6.45, 7) is 8.96. The van der Waals surface area contributed by atoms with E-state index in [0.717, 1.165) is 63.7 Å². The van der Waals surface area contributed by atoms with Crippen LogP contribution >= 0.6 is 0 Å². The summed E-state index contributed by atoms with van der Waals surface area (Å²) in [6, 6.07) is 0. The Morgan fingerprint density at radius 1 is 0.345 bits per heavy atom. The van der Waals surface area contributed by atoms with Crippen LogP contribution in [0.15, 0.2) is 0 Å². The lowest BCUT2D eigenvalue weighted by Gasteiger charge is -2.18. The Morgan fingerprint density at radius 3 is 0.891 bits per heavy atom. The first-order valence-electron chi connectivity index (χ1n) is 24.4. The first kappa shape index (κ1) is 53.4. The molecule has 0 aromatic carbocycles. The molecule has 55 heavy (non-hydrogen) atoms. The van der Waals surface area contributed by atoms with Gasteiger partial charge in [0.1, 0.15) is 13.2 Å². The summed E-state index contributed by atoms with van der Waals surface area (Å²) < 4.78 is 16.7. The molecule has 0 N–H and O–H groups in total. The fourth-order valence-electron chi connectivity index (χ4n) is 7.33. The quantitative estimate of drug-likeness (QED) is 0.0348. The summed E-state index contributed by atoms with van der Waals surface area (Å²) in [7, 11) is 0. The molecule has 0 spiro atoms. The summed E-state index contributed by atoms with van der Waals surface area (Å²) in [6.07, 6.45) is 43.9. The lowest BCUT2D eigenvalue weighted by Crippen LogP contribution is -2.30. The number of carbonyl (C=O) groups is 3. The van der Waals surface area contributed by atoms with Gasteiger partial charge in [0.15, 0.2) is 6.10 Å². The summed E-state index contributed by atoms with van der Waals surface area (Å²) in [4.78, 5) is 37.7. The van der Waals surface area contributed by atoms with Crippen molar-refractivity contribution in [3.05, 3.63) is 0 Å². The Balaban J connectivity index is 4.22. The highest BCUT2D eigenvalue weighted by atomic mass is 16.6. The molecule has 0 saturated carbocycles. The molecular formula is C49H94O6. The molecule has 0 aliphatic heterocycles. The Hall–Kier alpha value is -1.59. The first-order chi connectivity index (χ1) is 26.9. The number of ether oxygens (including phenoxy) is 3. The smallest absolute Gasteiger partial charge is 0.306 e. The molecule has 0 aromatic rings. The lowest BCUT2D eigenvalue weighted by atomic mass is 10.0. The highest BCUT2D eigenvalue weighted by molar-refractivity contribution is 5.71. The lowest BCUT2D eigenvalue weighted by molar-refractivity contribution is -0.167. The minimum atomic E-state index is -0.759. The zero-order valence-electron chi connectivity index (χ0n) is 37.4. The van der Waals surface area contributed by atoms with Crippen molar-refractivity contribution < 1.29 is 28.6 Å². The third kappa shape index (κ3) is 43.4. The standard InChI is InChI=1S/C49H94O6/c1-5-7-9-11-13-14-15-16-17-18-19-20-21-26-30-34-38-42-49(52)55-46(43-53-47(50)40-36-32-27-12-10-8-6-2)44-54-48(51)41-37-33-29-25-23-22-24-28-31-35-39-45(3)4/h45-46H,5-44H2,1-4H3/t46-/m0/s1. The Kier molecular flexibility index (Phi) is 42.3. The van der Waals surface area contributed by atoms with Crippen molar-refractivity contribution in [1.82, 2.24) is 0 Å². The maximum atomic E-state index is 12.7. The van der Waals surface area contributed by atoms with Crippen LogP contribution in [-0.2, 0) is 28.6 Å². The van der Waals surface area contributed by atoms with Gasteiger partial charge >= 0.3 is 17.9 Å². The van der Waals surface area contributed by atoms with Gasteiger partial charge in [-0.25, -0.2) is 0 Å². The van der Waals surface area contributed by atoms with Gasteiger partial charge in [0.25, 0.3) is 0 Å². The maximum Gasteiger partial charge on any atom is 0.306 e. The molecule has 6 nitrogen and oxygen atoms in total. The molecule has 0 amide bonds. The predicted molar refractivity (Wildman–Crippen MR) is 233 cm³/mol. The number of rotatable bonds is 44. The topological polar surface area (TPSA) is 78.9 Å². The van der Waals surface area contributed by atoms with Crippen LogP contribution in [0.2, 0.25) is 0 Å². The highest BCUT2D eigenvalue weighted by Gasteiger charge is 2.19. The van der Waals surface area contributed by atoms with Gasteiger partial charge in [-0.1, -0.05) is 233 Å². The molecule has 1 atom stereocenters. The van der Waals surface area contributed by atoms with E-state index in [2.05, 4.69) is 27.7 Å². The van der Waals surface area contributed by atoms with E-state index >= 15 is 0 Å². The monoisotopic (exact) mass is 779 g/mol. The fourth-order valence-corrected chi connectivity index (χ4v) is 7.33. The molecule has 0 fully saturated rings. The second-order valence-corrected chi connectivity index (χ2v) is 17.2. The van der Waals surface area contributed by atoms with Crippen molar-refractivity contribution in [3.8, 4) is 0 Å². The summed E-state index contributed by atoms with van der Waals surface area (Å²) in [5.41, 5.74) is 0. The van der Waals surface area contributed by atoms with E-state index < -0.39 is 6.10 Å². The summed E-state index contributed by atoms with van der Waals surface area (Å²) >= 11 is 0. The third-order valence-corrected chi connectivity index (χ3v) is 11.0. The molecule has 0 aliphatic rings. The van der Waals surface area contributed by atoms with E-state index in [9.17, 15) is 14.4 Å². The number of hydrogen-bond acceptors (Lipinski definition) is 6. The highest BCUT2D eigenvalue weighted by Crippen LogP contribution is 2.17. The molecular weight excluding hydrogens is 685 g/mol. The normalized spacial score (nSPS) is 11.9. The van der Waals surface area contributed by atoms with Gasteiger partial charge in [0.2, 0.25) is 0 Å². The largest absolute Gasteiger partial charge is 0.462 e. The molecule has 0 radical (unpaired) electrons. The molecule has 0 unspecified atom stereocenters. The predicted octanol–water partition coefficient (Wildman–Crippen LogP) is 15.5. The van der Waals surface area contributed by atoms with Crippen molar-refractivity contribution in [2.24, 2.45) is 5.92 Å². The maximum absolute atomic E-state index is 12.7. The zero-order valence-corrected chi connectivity index (χ0v) is 37.4. The van der Waals surface area contributed by atoms with Gasteiger partial charge in [0, 0.05) is 19.3 Å². The number of esters is 3. The van der Waals surface area contributed by atoms with E-state index in [0.29, 0.717) is 19.3 Å². The van der Waals surface area contributed by atoms with E-state index in [1.165, 1.54) is 167 Å². The van der Waals surface area contributed by atoms with Crippen molar-refractivity contribution in [3.63, 3.8) is 0 Å². The van der Waals surface area contributed by atoms with Gasteiger partial charge in [-0.15, -0.1) is 0 Å². The van der Waals surface area contributed by atoms with Gasteiger partial charge in [-0.05, 0) is 25.2 Å². The Labute approximate surface area is 342 Å². The number of unbranched alkanes of at least 4 members (excludes halogenated alkanes) is 31. The van der Waals surface area contributed by atoms with Crippen molar-refractivity contribution >= 4 is 17.9 Å². The van der Waals surface area contributed by atoms with Crippen LogP contribution < -0.4 is 0 Å². The van der Waals surface area contributed by atoms with Crippen molar-refractivity contribution in [1.29, 1.82) is 0 Å². The molecule has 0 saturated heterocycles. The van der Waals surface area contributed by atoms with Gasteiger partial charge < -0.3 is 14.2 Å². The summed E-state index contributed by atoms with van der Waals surface area (Å²) in [5.74, 6) is -0.0375. The van der Waals surface area contributed by atoms with Gasteiger partial charge in [-0.2, -0.15) is 0 Å². The molecule has 0 aromatic heterocycles. The molecule has 0 aliphatic carbocycles. The molecule has 6 heteroatoms. The van der Waals surface area contributed by atoms with Crippen molar-refractivity contribution in [2.45, 2.75) is 278 Å². The average molecular weight is 779 g/mol. The van der Waals surface area contributed by atoms with E-state index in [1.807, 2.05) is 0 Å². The van der Waals surface area contributed by atoms with E-state index in [-0.39, 0.29) is 31.1 Å². The van der Waals surface area contributed by atoms with Crippen LogP contribution in [-0.4, -0.2) is 37.2 Å². The molecule has 0 rings (SSSR count). The van der Waals surface area contributed by atoms with E-state index in [4.69, 9.17) is 14.2 Å². The minimum absolute atomic E-state index is 0.0640. The van der Waals surface area contributed by atoms with Gasteiger partial charge in [-0.3, -0.25) is 14.4 Å². The first-order valence-corrected chi connectivity index (χ1v) is 24.4. The van der Waals surface area contributed by atoms with Crippen LogP contribution in [0.4, 0.5) is 0 Å². The van der Waals surface area contributed by atoms with Crippen LogP contribution in [0.1, 0.15) is 272 Å². The van der Waals surface area contributed by atoms with E-state index in [1.54, 1.807) is 0 Å². The average Bonchev–Trinajstić information content (AvgIpc) is 3.17. The molecule has 0 bridgehead atoms. The Morgan fingerprint density at radius 2 is 0.600 bits per heavy atom. The van der Waals surface area contributed by atoms with Crippen molar-refractivity contribution in [2.75, 3.05) is 13.2 Å². The number of hydrogen-bond donors (Lipinski definition) is 0. The Bertz CT molecular complexity index is 826. The SMILES string of the molecule is CCCCCCCCCCCCCCCCCCCC(=O)O[C@@H](COC(=O)CCCCCCCCC)COC(=O)CCCCCCCCCCCCC(C)C. The molecule has 326 valence electrons. The summed E-state index contributed by atoms with van der Waals surface area (Å²) in [5, 5.41) is 0. The van der Waals surface area contributed by atoms with Gasteiger partial charge in [0.05, 0.1) is 0 Å². The second kappa shape index (κ2) is 43.5. The van der Waals surface area contributed by atoms with Crippen LogP contribution in [0.5, 0.6) is 0 Å².